The van der Waals surface area contributed by atoms with Crippen LogP contribution in [0, 0.1) is 0 Å². The van der Waals surface area contributed by atoms with Crippen LogP contribution in [0.5, 0.6) is 5.75 Å². The number of carbonyl (C=O) groups is 1. The number of carbonyl (C=O) groups excluding carboxylic acids is 1. The van der Waals surface area contributed by atoms with Gasteiger partial charge in [0.1, 0.15) is 12.4 Å². The highest BCUT2D eigenvalue weighted by molar-refractivity contribution is 7.89. The second kappa shape index (κ2) is 10.6. The van der Waals surface area contributed by atoms with Gasteiger partial charge in [0, 0.05) is 20.0 Å². The van der Waals surface area contributed by atoms with E-state index in [4.69, 9.17) is 4.74 Å². The predicted molar refractivity (Wildman–Crippen MR) is 119 cm³/mol. The van der Waals surface area contributed by atoms with Crippen molar-refractivity contribution in [3.05, 3.63) is 60.2 Å². The summed E-state index contributed by atoms with van der Waals surface area (Å²) in [6, 6.07) is 16.3. The summed E-state index contributed by atoms with van der Waals surface area (Å²) in [5.74, 6) is 0.650. The van der Waals surface area contributed by atoms with Gasteiger partial charge in [0.2, 0.25) is 15.9 Å². The van der Waals surface area contributed by atoms with E-state index >= 15 is 0 Å². The minimum atomic E-state index is -3.52. The molecule has 0 heterocycles. The Morgan fingerprint density at radius 1 is 1.03 bits per heavy atom. The average molecular weight is 433 g/mol. The molecule has 1 amide bonds. The summed E-state index contributed by atoms with van der Waals surface area (Å²) in [5.41, 5.74) is 1.34. The van der Waals surface area contributed by atoms with Crippen LogP contribution in [0.15, 0.2) is 59.5 Å². The molecule has 6 nitrogen and oxygen atoms in total. The summed E-state index contributed by atoms with van der Waals surface area (Å²) in [6.07, 6.45) is 0.707. The van der Waals surface area contributed by atoms with E-state index in [0.717, 1.165) is 5.75 Å². The van der Waals surface area contributed by atoms with Gasteiger partial charge in [-0.15, -0.1) is 0 Å². The van der Waals surface area contributed by atoms with Gasteiger partial charge in [-0.1, -0.05) is 51.1 Å². The van der Waals surface area contributed by atoms with Gasteiger partial charge in [0.05, 0.1) is 11.4 Å². The summed E-state index contributed by atoms with van der Waals surface area (Å²) < 4.78 is 31.8. The zero-order valence-electron chi connectivity index (χ0n) is 18.2. The molecule has 2 rings (SSSR count). The zero-order valence-corrected chi connectivity index (χ0v) is 19.0. The highest BCUT2D eigenvalue weighted by Gasteiger charge is 2.20. The molecule has 30 heavy (non-hydrogen) atoms. The first kappa shape index (κ1) is 23.9. The number of hydrogen-bond donors (Lipinski definition) is 1. The molecule has 0 aliphatic carbocycles. The van der Waals surface area contributed by atoms with Crippen molar-refractivity contribution in [2.75, 3.05) is 26.7 Å². The summed E-state index contributed by atoms with van der Waals surface area (Å²) in [6.45, 7) is 7.54. The van der Waals surface area contributed by atoms with Crippen molar-refractivity contribution in [2.24, 2.45) is 0 Å². The van der Waals surface area contributed by atoms with Gasteiger partial charge < -0.3 is 10.1 Å². The molecule has 0 saturated carbocycles. The molecule has 0 atom stereocenters. The van der Waals surface area contributed by atoms with Crippen LogP contribution in [-0.2, 0) is 20.2 Å². The molecule has 0 aromatic heterocycles. The van der Waals surface area contributed by atoms with Crippen LogP contribution < -0.4 is 10.1 Å². The maximum Gasteiger partial charge on any atom is 0.242 e. The van der Waals surface area contributed by atoms with Crippen molar-refractivity contribution in [1.82, 2.24) is 9.62 Å². The fraction of sp³-hybridized carbons (Fsp3) is 0.435. The Kier molecular flexibility index (Phi) is 8.43. The largest absolute Gasteiger partial charge is 0.492 e. The van der Waals surface area contributed by atoms with Crippen molar-refractivity contribution in [3.63, 3.8) is 0 Å². The van der Waals surface area contributed by atoms with Gasteiger partial charge in [-0.05, 0) is 41.7 Å². The van der Waals surface area contributed by atoms with Crippen molar-refractivity contribution < 1.29 is 17.9 Å². The van der Waals surface area contributed by atoms with Crippen LogP contribution in [-0.4, -0.2) is 45.4 Å². The first-order valence-corrected chi connectivity index (χ1v) is 11.6. The quantitative estimate of drug-likeness (QED) is 0.582. The van der Waals surface area contributed by atoms with Gasteiger partial charge in [-0.25, -0.2) is 12.7 Å². The molecule has 0 unspecified atom stereocenters. The number of rotatable bonds is 10. The molecule has 7 heteroatoms. The van der Waals surface area contributed by atoms with Crippen molar-refractivity contribution in [1.29, 1.82) is 0 Å². The molecule has 0 saturated heterocycles. The Hall–Kier alpha value is -2.38. The molecule has 0 aliphatic heterocycles. The topological polar surface area (TPSA) is 75.7 Å². The summed E-state index contributed by atoms with van der Waals surface area (Å²) in [5, 5.41) is 2.80. The second-order valence-corrected chi connectivity index (χ2v) is 10.3. The van der Waals surface area contributed by atoms with Crippen LogP contribution in [0.25, 0.3) is 0 Å². The number of hydrogen-bond acceptors (Lipinski definition) is 4. The van der Waals surface area contributed by atoms with E-state index in [9.17, 15) is 13.2 Å². The van der Waals surface area contributed by atoms with E-state index in [0.29, 0.717) is 19.6 Å². The highest BCUT2D eigenvalue weighted by Crippen LogP contribution is 2.24. The molecular formula is C23H32N2O4S. The van der Waals surface area contributed by atoms with Crippen LogP contribution in [0.1, 0.15) is 39.2 Å². The number of nitrogens with zero attached hydrogens (tertiary/aromatic N) is 1. The molecule has 2 aromatic carbocycles. The average Bonchev–Trinajstić information content (AvgIpc) is 2.71. The SMILES string of the molecule is CN(CCCC(=O)NCCOc1ccc(C(C)(C)C)cc1)S(=O)(=O)c1ccccc1. The lowest BCUT2D eigenvalue weighted by Gasteiger charge is -2.19. The maximum absolute atomic E-state index is 12.4. The standard InChI is InChI=1S/C23H32N2O4S/c1-23(2,3)19-12-14-20(15-13-19)29-18-16-24-22(26)11-8-17-25(4)30(27,28)21-9-6-5-7-10-21/h5-7,9-10,12-15H,8,11,16-18H2,1-4H3,(H,24,26). The summed E-state index contributed by atoms with van der Waals surface area (Å²) in [7, 11) is -1.99. The molecule has 0 radical (unpaired) electrons. The van der Waals surface area contributed by atoms with Crippen molar-refractivity contribution in [3.8, 4) is 5.75 Å². The highest BCUT2D eigenvalue weighted by atomic mass is 32.2. The minimum Gasteiger partial charge on any atom is -0.492 e. The Bertz CT molecular complexity index is 904. The van der Waals surface area contributed by atoms with E-state index < -0.39 is 10.0 Å². The lowest BCUT2D eigenvalue weighted by molar-refractivity contribution is -0.121. The normalized spacial score (nSPS) is 12.0. The number of benzene rings is 2. The van der Waals surface area contributed by atoms with E-state index in [2.05, 4.69) is 26.1 Å². The van der Waals surface area contributed by atoms with E-state index in [1.54, 1.807) is 30.3 Å². The Morgan fingerprint density at radius 2 is 1.67 bits per heavy atom. The lowest BCUT2D eigenvalue weighted by atomic mass is 9.87. The first-order valence-electron chi connectivity index (χ1n) is 10.1. The molecule has 2 aromatic rings. The number of nitrogens with one attached hydrogen (secondary N) is 1. The minimum absolute atomic E-state index is 0.0982. The fourth-order valence-corrected chi connectivity index (χ4v) is 4.08. The van der Waals surface area contributed by atoms with Gasteiger partial charge in [0.15, 0.2) is 0 Å². The lowest BCUT2D eigenvalue weighted by Crippen LogP contribution is -2.31. The summed E-state index contributed by atoms with van der Waals surface area (Å²) in [4.78, 5) is 12.2. The van der Waals surface area contributed by atoms with Crippen LogP contribution >= 0.6 is 0 Å². The molecule has 1 N–H and O–H groups in total. The number of amides is 1. The van der Waals surface area contributed by atoms with Gasteiger partial charge >= 0.3 is 0 Å². The number of ether oxygens (including phenoxy) is 1. The molecule has 0 fully saturated rings. The van der Waals surface area contributed by atoms with Gasteiger partial charge in [0.25, 0.3) is 0 Å². The number of sulfonamides is 1. The van der Waals surface area contributed by atoms with E-state index in [1.165, 1.54) is 16.9 Å². The van der Waals surface area contributed by atoms with E-state index in [-0.39, 0.29) is 29.2 Å². The van der Waals surface area contributed by atoms with Gasteiger partial charge in [-0.2, -0.15) is 0 Å². The summed E-state index contributed by atoms with van der Waals surface area (Å²) >= 11 is 0. The molecule has 0 aliphatic rings. The zero-order chi connectivity index (χ0) is 22.2. The second-order valence-electron chi connectivity index (χ2n) is 8.22. The Labute approximate surface area is 180 Å². The van der Waals surface area contributed by atoms with Crippen LogP contribution in [0.4, 0.5) is 0 Å². The maximum atomic E-state index is 12.4. The van der Waals surface area contributed by atoms with E-state index in [1.807, 2.05) is 24.3 Å². The Balaban J connectivity index is 1.66. The Morgan fingerprint density at radius 3 is 2.27 bits per heavy atom. The molecule has 0 bridgehead atoms. The monoisotopic (exact) mass is 432 g/mol. The first-order chi connectivity index (χ1) is 14.1. The van der Waals surface area contributed by atoms with Crippen LogP contribution in [0.3, 0.4) is 0 Å². The smallest absolute Gasteiger partial charge is 0.242 e. The van der Waals surface area contributed by atoms with Crippen molar-refractivity contribution >= 4 is 15.9 Å². The fourth-order valence-electron chi connectivity index (χ4n) is 2.85. The third-order valence-electron chi connectivity index (χ3n) is 4.74. The van der Waals surface area contributed by atoms with Crippen molar-refractivity contribution in [2.45, 2.75) is 43.9 Å². The van der Waals surface area contributed by atoms with Gasteiger partial charge in [-0.3, -0.25) is 4.79 Å². The molecule has 0 spiro atoms. The molecular weight excluding hydrogens is 400 g/mol. The van der Waals surface area contributed by atoms with Crippen LogP contribution in [0.2, 0.25) is 0 Å². The molecule has 164 valence electrons. The third kappa shape index (κ3) is 7.15. The third-order valence-corrected chi connectivity index (χ3v) is 6.61. The predicted octanol–water partition coefficient (Wildman–Crippen LogP) is 3.58.